The maximum atomic E-state index is 11.9. The number of aryl methyl sites for hydroxylation is 1. The molecule has 4 rings (SSSR count). The molecular weight excluding hydrogens is 284 g/mol. The molecule has 22 heavy (non-hydrogen) atoms. The molecule has 0 N–H and O–H groups in total. The fourth-order valence-electron chi connectivity index (χ4n) is 2.39. The van der Waals surface area contributed by atoms with Crippen molar-refractivity contribution in [2.24, 2.45) is 0 Å². The number of hydrogen-bond acceptors (Lipinski definition) is 6. The standard InChI is InChI=1S/C15H14N4O3/c1-9-4-2-3-5-11(9)13-18-22-15(20)19(13)8-12-16-17-14(21-12)10-6-7-10/h2-5,10H,6-8H2,1H3. The van der Waals surface area contributed by atoms with Crippen molar-refractivity contribution < 1.29 is 8.94 Å². The molecule has 7 nitrogen and oxygen atoms in total. The van der Waals surface area contributed by atoms with Crippen molar-refractivity contribution in [2.45, 2.75) is 32.2 Å². The van der Waals surface area contributed by atoms with Crippen molar-refractivity contribution in [3.8, 4) is 11.4 Å². The molecule has 2 heterocycles. The van der Waals surface area contributed by atoms with Gasteiger partial charge >= 0.3 is 5.76 Å². The van der Waals surface area contributed by atoms with Gasteiger partial charge in [0.05, 0.1) is 0 Å². The first-order chi connectivity index (χ1) is 10.7. The highest BCUT2D eigenvalue weighted by atomic mass is 16.5. The largest absolute Gasteiger partial charge is 0.442 e. The van der Waals surface area contributed by atoms with Crippen molar-refractivity contribution in [1.29, 1.82) is 0 Å². The van der Waals surface area contributed by atoms with Crippen molar-refractivity contribution in [3.05, 3.63) is 52.2 Å². The molecular formula is C15H14N4O3. The summed E-state index contributed by atoms with van der Waals surface area (Å²) in [5.74, 6) is 1.36. The Morgan fingerprint density at radius 3 is 2.86 bits per heavy atom. The summed E-state index contributed by atoms with van der Waals surface area (Å²) in [5.41, 5.74) is 1.85. The number of hydrogen-bond donors (Lipinski definition) is 0. The van der Waals surface area contributed by atoms with Gasteiger partial charge in [-0.3, -0.25) is 4.52 Å². The van der Waals surface area contributed by atoms with Gasteiger partial charge in [0.2, 0.25) is 11.8 Å². The first kappa shape index (κ1) is 13.0. The topological polar surface area (TPSA) is 87.0 Å². The van der Waals surface area contributed by atoms with Crippen LogP contribution in [-0.4, -0.2) is 19.9 Å². The monoisotopic (exact) mass is 298 g/mol. The van der Waals surface area contributed by atoms with E-state index in [4.69, 9.17) is 8.94 Å². The van der Waals surface area contributed by atoms with E-state index in [0.29, 0.717) is 23.5 Å². The maximum Gasteiger partial charge on any atom is 0.442 e. The average Bonchev–Trinajstić information content (AvgIpc) is 3.17. The normalized spacial score (nSPS) is 14.4. The molecule has 1 aliphatic rings. The van der Waals surface area contributed by atoms with Crippen LogP contribution in [-0.2, 0) is 6.54 Å². The third-order valence-electron chi connectivity index (χ3n) is 3.77. The first-order valence-corrected chi connectivity index (χ1v) is 7.17. The Kier molecular flexibility index (Phi) is 2.92. The van der Waals surface area contributed by atoms with Crippen molar-refractivity contribution in [2.75, 3.05) is 0 Å². The average molecular weight is 298 g/mol. The van der Waals surface area contributed by atoms with Crippen LogP contribution >= 0.6 is 0 Å². The van der Waals surface area contributed by atoms with Gasteiger partial charge < -0.3 is 4.42 Å². The SMILES string of the molecule is Cc1ccccc1-c1noc(=O)n1Cc1nnc(C2CC2)o1. The molecule has 1 aliphatic carbocycles. The number of benzene rings is 1. The van der Waals surface area contributed by atoms with Crippen LogP contribution in [0.15, 0.2) is 38.0 Å². The Balaban J connectivity index is 1.70. The van der Waals surface area contributed by atoms with Gasteiger partial charge in [-0.25, -0.2) is 9.36 Å². The molecule has 7 heteroatoms. The van der Waals surface area contributed by atoms with E-state index in [1.807, 2.05) is 31.2 Å². The van der Waals surface area contributed by atoms with Crippen LogP contribution in [0.25, 0.3) is 11.4 Å². The van der Waals surface area contributed by atoms with E-state index < -0.39 is 5.76 Å². The van der Waals surface area contributed by atoms with Crippen molar-refractivity contribution >= 4 is 0 Å². The lowest BCUT2D eigenvalue weighted by molar-refractivity contribution is 0.371. The minimum absolute atomic E-state index is 0.158. The van der Waals surface area contributed by atoms with Gasteiger partial charge in [0, 0.05) is 11.5 Å². The Bertz CT molecular complexity index is 873. The highest BCUT2D eigenvalue weighted by molar-refractivity contribution is 5.59. The Hall–Kier alpha value is -2.70. The zero-order chi connectivity index (χ0) is 15.1. The predicted molar refractivity (Wildman–Crippen MR) is 76.3 cm³/mol. The van der Waals surface area contributed by atoms with Gasteiger partial charge in [0.25, 0.3) is 0 Å². The third-order valence-corrected chi connectivity index (χ3v) is 3.77. The summed E-state index contributed by atoms with van der Waals surface area (Å²) in [6, 6.07) is 7.67. The molecule has 0 bridgehead atoms. The molecule has 1 saturated carbocycles. The van der Waals surface area contributed by atoms with Crippen LogP contribution in [0.2, 0.25) is 0 Å². The molecule has 0 unspecified atom stereocenters. The summed E-state index contributed by atoms with van der Waals surface area (Å²) in [7, 11) is 0. The van der Waals surface area contributed by atoms with Crippen LogP contribution < -0.4 is 5.76 Å². The van der Waals surface area contributed by atoms with Crippen molar-refractivity contribution in [1.82, 2.24) is 19.9 Å². The van der Waals surface area contributed by atoms with Crippen LogP contribution in [0, 0.1) is 6.92 Å². The van der Waals surface area contributed by atoms with Crippen LogP contribution in [0.1, 0.15) is 36.1 Å². The molecule has 0 aliphatic heterocycles. The molecule has 0 amide bonds. The fraction of sp³-hybridized carbons (Fsp3) is 0.333. The van der Waals surface area contributed by atoms with Gasteiger partial charge in [-0.1, -0.05) is 29.4 Å². The second-order valence-corrected chi connectivity index (χ2v) is 5.48. The fourth-order valence-corrected chi connectivity index (χ4v) is 2.39. The molecule has 0 saturated heterocycles. The molecule has 1 fully saturated rings. The summed E-state index contributed by atoms with van der Waals surface area (Å²) in [6.07, 6.45) is 2.17. The zero-order valence-corrected chi connectivity index (χ0v) is 12.0. The van der Waals surface area contributed by atoms with Gasteiger partial charge in [-0.2, -0.15) is 0 Å². The summed E-state index contributed by atoms with van der Waals surface area (Å²) < 4.78 is 11.8. The lowest BCUT2D eigenvalue weighted by Gasteiger charge is -2.04. The number of nitrogens with zero attached hydrogens (tertiary/aromatic N) is 4. The van der Waals surface area contributed by atoms with Crippen LogP contribution in [0.5, 0.6) is 0 Å². The van der Waals surface area contributed by atoms with Crippen LogP contribution in [0.4, 0.5) is 0 Å². The van der Waals surface area contributed by atoms with Gasteiger partial charge in [-0.15, -0.1) is 10.2 Å². The summed E-state index contributed by atoms with van der Waals surface area (Å²) in [6.45, 7) is 2.11. The molecule has 0 spiro atoms. The van der Waals surface area contributed by atoms with Crippen LogP contribution in [0.3, 0.4) is 0 Å². The highest BCUT2D eigenvalue weighted by Crippen LogP contribution is 2.39. The van der Waals surface area contributed by atoms with E-state index >= 15 is 0 Å². The smallest absolute Gasteiger partial charge is 0.423 e. The Labute approximate surface area is 125 Å². The third kappa shape index (κ3) is 2.24. The summed E-state index contributed by atoms with van der Waals surface area (Å²) in [4.78, 5) is 11.9. The van der Waals surface area contributed by atoms with E-state index in [2.05, 4.69) is 15.4 Å². The van der Waals surface area contributed by atoms with Gasteiger partial charge in [-0.05, 0) is 25.3 Å². The van der Waals surface area contributed by atoms with Gasteiger partial charge in [0.1, 0.15) is 6.54 Å². The van der Waals surface area contributed by atoms with E-state index in [9.17, 15) is 4.79 Å². The maximum absolute atomic E-state index is 11.9. The first-order valence-electron chi connectivity index (χ1n) is 7.17. The number of rotatable bonds is 4. The van der Waals surface area contributed by atoms with E-state index in [1.165, 1.54) is 4.57 Å². The molecule has 3 aromatic rings. The summed E-state index contributed by atoms with van der Waals surface area (Å²) >= 11 is 0. The Morgan fingerprint density at radius 1 is 1.27 bits per heavy atom. The minimum Gasteiger partial charge on any atom is -0.423 e. The quantitative estimate of drug-likeness (QED) is 0.733. The highest BCUT2D eigenvalue weighted by Gasteiger charge is 2.29. The Morgan fingerprint density at radius 2 is 2.09 bits per heavy atom. The van der Waals surface area contributed by atoms with E-state index in [1.54, 1.807) is 0 Å². The molecule has 0 radical (unpaired) electrons. The van der Waals surface area contributed by atoms with Gasteiger partial charge in [0.15, 0.2) is 5.82 Å². The van der Waals surface area contributed by atoms with E-state index in [-0.39, 0.29) is 6.54 Å². The molecule has 1 aromatic carbocycles. The second kappa shape index (κ2) is 4.94. The second-order valence-electron chi connectivity index (χ2n) is 5.48. The zero-order valence-electron chi connectivity index (χ0n) is 12.0. The van der Waals surface area contributed by atoms with Crippen molar-refractivity contribution in [3.63, 3.8) is 0 Å². The molecule has 0 atom stereocenters. The van der Waals surface area contributed by atoms with E-state index in [0.717, 1.165) is 24.0 Å². The number of aromatic nitrogens is 4. The minimum atomic E-state index is -0.538. The molecule has 112 valence electrons. The lowest BCUT2D eigenvalue weighted by atomic mass is 10.1. The lowest BCUT2D eigenvalue weighted by Crippen LogP contribution is -2.16. The predicted octanol–water partition coefficient (Wildman–Crippen LogP) is 2.12. The molecule has 2 aromatic heterocycles. The summed E-state index contributed by atoms with van der Waals surface area (Å²) in [5, 5.41) is 11.9.